The third-order valence-electron chi connectivity index (χ3n) is 4.51. The highest BCUT2D eigenvalue weighted by atomic mass is 16.3. The van der Waals surface area contributed by atoms with Crippen molar-refractivity contribution in [2.24, 2.45) is 5.92 Å². The van der Waals surface area contributed by atoms with Gasteiger partial charge in [-0.2, -0.15) is 0 Å². The quantitative estimate of drug-likeness (QED) is 0.938. The van der Waals surface area contributed by atoms with Crippen LogP contribution in [0.1, 0.15) is 35.8 Å². The average Bonchev–Trinajstić information content (AvgIpc) is 3.05. The van der Waals surface area contributed by atoms with Crippen molar-refractivity contribution in [1.29, 1.82) is 0 Å². The lowest BCUT2D eigenvalue weighted by atomic mass is 9.94. The van der Waals surface area contributed by atoms with Gasteiger partial charge < -0.3 is 10.0 Å². The number of amides is 1. The fourth-order valence-corrected chi connectivity index (χ4v) is 2.95. The molecule has 0 radical (unpaired) electrons. The molecule has 1 amide bonds. The van der Waals surface area contributed by atoms with Crippen molar-refractivity contribution in [3.05, 3.63) is 41.7 Å². The first-order valence-electron chi connectivity index (χ1n) is 7.99. The number of benzene rings is 1. The van der Waals surface area contributed by atoms with Crippen molar-refractivity contribution >= 4 is 5.91 Å². The van der Waals surface area contributed by atoms with Gasteiger partial charge in [-0.1, -0.05) is 22.9 Å². The number of aromatic nitrogens is 3. The average molecular weight is 314 g/mol. The van der Waals surface area contributed by atoms with Crippen LogP contribution in [0, 0.1) is 12.8 Å². The Morgan fingerprint density at radius 2 is 2.04 bits per heavy atom. The molecule has 0 saturated carbocycles. The summed E-state index contributed by atoms with van der Waals surface area (Å²) >= 11 is 0. The molecule has 3 rings (SSSR count). The van der Waals surface area contributed by atoms with Crippen molar-refractivity contribution in [3.8, 4) is 5.69 Å². The predicted molar refractivity (Wildman–Crippen MR) is 86.4 cm³/mol. The number of piperidine rings is 1. The SMILES string of the molecule is Cc1ccc(-n2cc(C(=O)N3CC(CO)CCC3C)nn2)cc1. The maximum atomic E-state index is 12.7. The lowest BCUT2D eigenvalue weighted by Crippen LogP contribution is -2.46. The minimum atomic E-state index is -0.117. The van der Waals surface area contributed by atoms with Crippen LogP contribution in [0.3, 0.4) is 0 Å². The summed E-state index contributed by atoms with van der Waals surface area (Å²) in [5.41, 5.74) is 2.39. The van der Waals surface area contributed by atoms with Crippen LogP contribution >= 0.6 is 0 Å². The van der Waals surface area contributed by atoms with Crippen molar-refractivity contribution in [2.45, 2.75) is 32.7 Å². The highest BCUT2D eigenvalue weighted by Gasteiger charge is 2.30. The number of hydrogen-bond donors (Lipinski definition) is 1. The summed E-state index contributed by atoms with van der Waals surface area (Å²) in [6.07, 6.45) is 3.53. The topological polar surface area (TPSA) is 71.2 Å². The van der Waals surface area contributed by atoms with Gasteiger partial charge in [-0.25, -0.2) is 4.68 Å². The highest BCUT2D eigenvalue weighted by Crippen LogP contribution is 2.23. The third kappa shape index (κ3) is 3.27. The predicted octanol–water partition coefficient (Wildman–Crippen LogP) is 1.81. The Kier molecular flexibility index (Phi) is 4.43. The molecule has 2 unspecified atom stereocenters. The molecule has 122 valence electrons. The Morgan fingerprint density at radius 3 is 2.74 bits per heavy atom. The smallest absolute Gasteiger partial charge is 0.276 e. The van der Waals surface area contributed by atoms with Crippen LogP contribution in [0.15, 0.2) is 30.5 Å². The number of aliphatic hydroxyl groups excluding tert-OH is 1. The van der Waals surface area contributed by atoms with E-state index in [0.29, 0.717) is 12.2 Å². The fraction of sp³-hybridized carbons (Fsp3) is 0.471. The Hall–Kier alpha value is -2.21. The first kappa shape index (κ1) is 15.7. The van der Waals surface area contributed by atoms with Crippen LogP contribution < -0.4 is 0 Å². The lowest BCUT2D eigenvalue weighted by Gasteiger charge is -2.36. The number of hydrogen-bond acceptors (Lipinski definition) is 4. The van der Waals surface area contributed by atoms with E-state index in [2.05, 4.69) is 10.3 Å². The van der Waals surface area contributed by atoms with Gasteiger partial charge in [0, 0.05) is 19.2 Å². The Morgan fingerprint density at radius 1 is 1.30 bits per heavy atom. The van der Waals surface area contributed by atoms with E-state index >= 15 is 0 Å². The highest BCUT2D eigenvalue weighted by molar-refractivity contribution is 5.92. The van der Waals surface area contributed by atoms with E-state index in [-0.39, 0.29) is 24.5 Å². The van der Waals surface area contributed by atoms with Crippen LogP contribution in [0.25, 0.3) is 5.69 Å². The van der Waals surface area contributed by atoms with E-state index in [4.69, 9.17) is 0 Å². The maximum Gasteiger partial charge on any atom is 0.276 e. The van der Waals surface area contributed by atoms with Crippen molar-refractivity contribution in [1.82, 2.24) is 19.9 Å². The van der Waals surface area contributed by atoms with E-state index in [1.807, 2.05) is 38.1 Å². The minimum absolute atomic E-state index is 0.117. The van der Waals surface area contributed by atoms with Crippen molar-refractivity contribution in [2.75, 3.05) is 13.2 Å². The van der Waals surface area contributed by atoms with Crippen LogP contribution in [0.5, 0.6) is 0 Å². The number of aryl methyl sites for hydroxylation is 1. The second-order valence-corrected chi connectivity index (χ2v) is 6.32. The van der Waals surface area contributed by atoms with Gasteiger partial charge in [-0.15, -0.1) is 5.10 Å². The molecule has 1 saturated heterocycles. The fourth-order valence-electron chi connectivity index (χ4n) is 2.95. The molecule has 23 heavy (non-hydrogen) atoms. The molecule has 0 aliphatic carbocycles. The van der Waals surface area contributed by atoms with E-state index in [9.17, 15) is 9.90 Å². The van der Waals surface area contributed by atoms with Gasteiger partial charge in [0.15, 0.2) is 5.69 Å². The monoisotopic (exact) mass is 314 g/mol. The zero-order valence-corrected chi connectivity index (χ0v) is 13.5. The minimum Gasteiger partial charge on any atom is -0.396 e. The van der Waals surface area contributed by atoms with Gasteiger partial charge in [-0.05, 0) is 44.7 Å². The Bertz CT molecular complexity index is 680. The van der Waals surface area contributed by atoms with Crippen LogP contribution in [0.2, 0.25) is 0 Å². The number of carbonyl (C=O) groups is 1. The summed E-state index contributed by atoms with van der Waals surface area (Å²) in [5.74, 6) is 0.0382. The molecule has 1 aromatic carbocycles. The van der Waals surface area contributed by atoms with Crippen molar-refractivity contribution in [3.63, 3.8) is 0 Å². The Labute approximate surface area is 135 Å². The normalized spacial score (nSPS) is 21.4. The number of likely N-dealkylation sites (tertiary alicyclic amines) is 1. The maximum absolute atomic E-state index is 12.7. The molecule has 6 heteroatoms. The first-order chi connectivity index (χ1) is 11.1. The molecule has 1 aromatic heterocycles. The molecule has 2 aromatic rings. The molecule has 1 aliphatic heterocycles. The first-order valence-corrected chi connectivity index (χ1v) is 7.99. The van der Waals surface area contributed by atoms with Gasteiger partial charge in [0.05, 0.1) is 11.9 Å². The molecule has 2 atom stereocenters. The third-order valence-corrected chi connectivity index (χ3v) is 4.51. The molecular weight excluding hydrogens is 292 g/mol. The summed E-state index contributed by atoms with van der Waals surface area (Å²) in [6, 6.07) is 8.05. The molecule has 6 nitrogen and oxygen atoms in total. The summed E-state index contributed by atoms with van der Waals surface area (Å²) in [5, 5.41) is 17.5. The molecule has 1 aliphatic rings. The summed E-state index contributed by atoms with van der Waals surface area (Å²) in [7, 11) is 0. The number of aliphatic hydroxyl groups is 1. The molecule has 0 spiro atoms. The molecular formula is C17H22N4O2. The molecule has 0 bridgehead atoms. The largest absolute Gasteiger partial charge is 0.396 e. The van der Waals surface area contributed by atoms with E-state index in [1.54, 1.807) is 15.8 Å². The molecule has 1 fully saturated rings. The molecule has 2 heterocycles. The van der Waals surface area contributed by atoms with Gasteiger partial charge in [0.25, 0.3) is 5.91 Å². The molecule has 1 N–H and O–H groups in total. The van der Waals surface area contributed by atoms with Crippen LogP contribution in [-0.2, 0) is 0 Å². The van der Waals surface area contributed by atoms with Crippen LogP contribution in [-0.4, -0.2) is 50.1 Å². The number of rotatable bonds is 3. The summed E-state index contributed by atoms with van der Waals surface area (Å²) < 4.78 is 1.62. The van der Waals surface area contributed by atoms with Gasteiger partial charge in [0.1, 0.15) is 0 Å². The van der Waals surface area contributed by atoms with Crippen LogP contribution in [0.4, 0.5) is 0 Å². The Balaban J connectivity index is 1.79. The van der Waals surface area contributed by atoms with E-state index in [1.165, 1.54) is 5.56 Å². The van der Waals surface area contributed by atoms with Gasteiger partial charge >= 0.3 is 0 Å². The second-order valence-electron chi connectivity index (χ2n) is 6.32. The second kappa shape index (κ2) is 6.50. The number of nitrogens with zero attached hydrogens (tertiary/aromatic N) is 4. The zero-order valence-electron chi connectivity index (χ0n) is 13.5. The summed E-state index contributed by atoms with van der Waals surface area (Å²) in [4.78, 5) is 14.5. The standard InChI is InChI=1S/C17H22N4O2/c1-12-3-7-15(8-4-12)21-10-16(18-19-21)17(23)20-9-14(11-22)6-5-13(20)2/h3-4,7-8,10,13-14,22H,5-6,9,11H2,1-2H3. The zero-order chi connectivity index (χ0) is 16.4. The van der Waals surface area contributed by atoms with Gasteiger partial charge in [0.2, 0.25) is 0 Å². The summed E-state index contributed by atoms with van der Waals surface area (Å²) in [6.45, 7) is 4.76. The number of carbonyl (C=O) groups excluding carboxylic acids is 1. The van der Waals surface area contributed by atoms with E-state index < -0.39 is 0 Å². The van der Waals surface area contributed by atoms with Gasteiger partial charge in [-0.3, -0.25) is 4.79 Å². The van der Waals surface area contributed by atoms with E-state index in [0.717, 1.165) is 18.5 Å². The lowest BCUT2D eigenvalue weighted by molar-refractivity contribution is 0.0483. The van der Waals surface area contributed by atoms with Crippen molar-refractivity contribution < 1.29 is 9.90 Å².